The van der Waals surface area contributed by atoms with Gasteiger partial charge in [-0.1, -0.05) is 117 Å². The molecule has 4 aromatic carbocycles. The molecule has 0 aliphatic carbocycles. The zero-order valence-electron chi connectivity index (χ0n) is 41.2. The molecule has 4 unspecified atom stereocenters. The van der Waals surface area contributed by atoms with Gasteiger partial charge in [-0.2, -0.15) is 33.7 Å². The Morgan fingerprint density at radius 2 is 0.512 bits per heavy atom. The number of rotatable bonds is 12. The fourth-order valence-corrected chi connectivity index (χ4v) is 14.6. The van der Waals surface area contributed by atoms with Gasteiger partial charge < -0.3 is 9.97 Å². The first-order valence-electron chi connectivity index (χ1n) is 23.2. The average molecular weight is 1320 g/mol. The molecule has 2 aliphatic heterocycles. The molecule has 8 bridgehead atoms. The number of hydrogen-bond acceptors (Lipinski definition) is 10. The first kappa shape index (κ1) is 60.0. The van der Waals surface area contributed by atoms with E-state index in [1.54, 1.807) is 48.6 Å². The van der Waals surface area contributed by atoms with Gasteiger partial charge in [0, 0.05) is 66.6 Å². The molecular weight excluding hydrogens is 1280 g/mol. The lowest BCUT2D eigenvalue weighted by molar-refractivity contribution is 0.470. The number of H-pyrrole nitrogens is 2. The minimum Gasteiger partial charge on any atom is -0.354 e. The van der Waals surface area contributed by atoms with Crippen LogP contribution in [0, 0.1) is 0 Å². The van der Waals surface area contributed by atoms with Crippen molar-refractivity contribution in [3.63, 3.8) is 0 Å². The normalized spacial score (nSPS) is 14.6. The molecule has 28 heteroatoms. The van der Waals surface area contributed by atoms with E-state index >= 15 is 0 Å². The summed E-state index contributed by atoms with van der Waals surface area (Å²) in [6.45, 7) is 4.87. The molecule has 16 nitrogen and oxygen atoms in total. The zero-order chi connectivity index (χ0) is 58.6. The van der Waals surface area contributed by atoms with E-state index in [-0.39, 0.29) is 152 Å². The Kier molecular flexibility index (Phi) is 16.4. The van der Waals surface area contributed by atoms with Crippen LogP contribution in [0.4, 0.5) is 0 Å². The van der Waals surface area contributed by atoms with E-state index in [1.165, 1.54) is 76.2 Å². The lowest BCUT2D eigenvalue weighted by atomic mass is 9.99. The van der Waals surface area contributed by atoms with Crippen LogP contribution >= 0.6 is 92.8 Å². The fourth-order valence-electron chi connectivity index (χ4n) is 9.35. The minimum absolute atomic E-state index is 0.0121. The number of nitrogens with zero attached hydrogens (tertiary/aromatic N) is 2. The largest absolute Gasteiger partial charge is 0.354 e. The Bertz CT molecular complexity index is 4010. The topological polar surface area (TPSA) is 275 Å². The quantitative estimate of drug-likeness (QED) is 0.0621. The van der Waals surface area contributed by atoms with Crippen LogP contribution in [-0.2, 0) is 40.5 Å². The molecule has 2 aliphatic rings. The van der Waals surface area contributed by atoms with E-state index in [0.717, 1.165) is 0 Å². The third-order valence-electron chi connectivity index (χ3n) is 13.8. The summed E-state index contributed by atoms with van der Waals surface area (Å²) in [5.74, 6) is 0. The van der Waals surface area contributed by atoms with Crippen molar-refractivity contribution in [2.45, 2.75) is 48.7 Å². The van der Waals surface area contributed by atoms with Gasteiger partial charge in [0.15, 0.2) is 0 Å². The number of halogens is 8. The molecule has 9 rings (SSSR count). The molecule has 0 amide bonds. The van der Waals surface area contributed by atoms with Crippen molar-refractivity contribution in [3.8, 4) is 44.5 Å². The molecule has 0 spiro atoms. The van der Waals surface area contributed by atoms with Gasteiger partial charge in [0.05, 0.1) is 63.0 Å². The van der Waals surface area contributed by atoms with E-state index < -0.39 is 61.5 Å². The number of fused-ring (bicyclic) bond motifs is 8. The highest BCUT2D eigenvalue weighted by atomic mass is 35.5. The lowest BCUT2D eigenvalue weighted by Crippen LogP contribution is -2.09. The lowest BCUT2D eigenvalue weighted by Gasteiger charge is -2.17. The Labute approximate surface area is 498 Å². The second-order valence-electron chi connectivity index (χ2n) is 18.4. The summed E-state index contributed by atoms with van der Waals surface area (Å²) < 4.78 is 142. The van der Waals surface area contributed by atoms with Gasteiger partial charge in [-0.25, -0.2) is 9.97 Å². The van der Waals surface area contributed by atoms with E-state index in [1.807, 2.05) is 0 Å². The first-order valence-corrected chi connectivity index (χ1v) is 32.2. The van der Waals surface area contributed by atoms with Gasteiger partial charge in [0.1, 0.15) is 21.0 Å². The van der Waals surface area contributed by atoms with Crippen molar-refractivity contribution in [2.24, 2.45) is 0 Å². The molecule has 0 saturated heterocycles. The third-order valence-corrected chi connectivity index (χ3v) is 21.3. The molecule has 5 heterocycles. The van der Waals surface area contributed by atoms with Gasteiger partial charge in [-0.15, -0.1) is 0 Å². The average Bonchev–Trinajstić information content (AvgIpc) is 4.31. The van der Waals surface area contributed by atoms with E-state index in [9.17, 15) is 51.9 Å². The molecule has 80 heavy (non-hydrogen) atoms. The number of nitrogens with one attached hydrogen (secondary N) is 2. The van der Waals surface area contributed by atoms with Gasteiger partial charge in [-0.05, 0) is 123 Å². The highest BCUT2D eigenvalue weighted by Gasteiger charge is 2.33. The van der Waals surface area contributed by atoms with E-state index in [2.05, 4.69) is 9.97 Å². The van der Waals surface area contributed by atoms with Gasteiger partial charge in [-0.3, -0.25) is 18.2 Å². The van der Waals surface area contributed by atoms with E-state index in [0.29, 0.717) is 0 Å². The second kappa shape index (κ2) is 21.9. The van der Waals surface area contributed by atoms with Crippen molar-refractivity contribution in [1.82, 2.24) is 19.9 Å². The molecular formula is C52H38Cl8N4O12S4. The fraction of sp³-hybridized carbons (Fsp3) is 0.154. The molecule has 418 valence electrons. The second-order valence-corrected chi connectivity index (χ2v) is 28.5. The Morgan fingerprint density at radius 3 is 0.688 bits per heavy atom. The molecule has 0 saturated carbocycles. The van der Waals surface area contributed by atoms with E-state index in [4.69, 9.17) is 103 Å². The predicted molar refractivity (Wildman–Crippen MR) is 321 cm³/mol. The molecule has 6 N–H and O–H groups in total. The number of benzene rings is 4. The summed E-state index contributed by atoms with van der Waals surface area (Å²) in [6.07, 6.45) is 6.20. The Morgan fingerprint density at radius 1 is 0.325 bits per heavy atom. The molecule has 0 radical (unpaired) electrons. The summed E-state index contributed by atoms with van der Waals surface area (Å²) >= 11 is 57.0. The van der Waals surface area contributed by atoms with Crippen molar-refractivity contribution >= 4 is 180 Å². The molecule has 0 fully saturated rings. The smallest absolute Gasteiger partial charge is 0.271 e. The van der Waals surface area contributed by atoms with Crippen LogP contribution in [0.15, 0.2) is 72.8 Å². The van der Waals surface area contributed by atoms with Crippen molar-refractivity contribution in [3.05, 3.63) is 158 Å². The summed E-state index contributed by atoms with van der Waals surface area (Å²) in [7, 11) is -19.1. The van der Waals surface area contributed by atoms with Crippen LogP contribution in [0.2, 0.25) is 40.2 Å². The zero-order valence-corrected chi connectivity index (χ0v) is 50.5. The highest BCUT2D eigenvalue weighted by molar-refractivity contribution is 7.86. The number of hydrogen-bond donors (Lipinski definition) is 6. The summed E-state index contributed by atoms with van der Waals surface area (Å²) in [4.78, 5) is 16.9. The molecule has 7 aromatic rings. The summed E-state index contributed by atoms with van der Waals surface area (Å²) in [6, 6.07) is 17.1. The van der Waals surface area contributed by atoms with Crippen molar-refractivity contribution < 1.29 is 51.9 Å². The van der Waals surface area contributed by atoms with Gasteiger partial charge in [0.2, 0.25) is 0 Å². The maximum atomic E-state index is 12.7. The van der Waals surface area contributed by atoms with Crippen molar-refractivity contribution in [1.29, 1.82) is 0 Å². The van der Waals surface area contributed by atoms with Crippen LogP contribution in [0.1, 0.15) is 93.7 Å². The predicted octanol–water partition coefficient (Wildman–Crippen LogP) is 16.3. The number of aromatic amines is 2. The highest BCUT2D eigenvalue weighted by Crippen LogP contribution is 2.50. The monoisotopic (exact) mass is 1320 g/mol. The molecule has 4 atom stereocenters. The standard InChI is InChI=1S/C52H38Cl8N4O12S4/c1-21(77(65,66)67)25-5-9-29(53)41(49(25)57)45-33-13-15-35(61-33)46(42-30(54)10-6-26(50(42)58)22(2)78(68,69)70)37-17-19-39(63-37)48(44-32(56)12-8-28(52(44)60)24(4)80(74,75)76)40-20-18-38(64-40)47(36-16-14-34(45)62-36)43-31(55)11-7-27(51(43)59)23(3)79(71,72)73/h5-24,61,64H,1-4H3,(H,65,66,67)(H,68,69,70)(H,71,72,73)(H,74,75,76). The Hall–Kier alpha value is -4.56. The van der Waals surface area contributed by atoms with Crippen LogP contribution in [0.3, 0.4) is 0 Å². The summed E-state index contributed by atoms with van der Waals surface area (Å²) in [5, 5.41) is -7.30. The SMILES string of the molecule is CC(c1ccc(Cl)c(-c2c3nc(c(-c4c(Cl)ccc(C(C)S(=O)(=O)O)c4Cl)c4ccc([nH]4)c(-c4c(Cl)ccc(C(C)S(=O)(=O)O)c4Cl)c4nc(c(-c5c(Cl)ccc(C(C)S(=O)(=O)O)c5Cl)c5ccc2[nH]5)C=C4)C=C3)c1Cl)S(=O)(=O)O. The van der Waals surface area contributed by atoms with Gasteiger partial charge in [0.25, 0.3) is 40.5 Å². The van der Waals surface area contributed by atoms with Crippen LogP contribution in [0.5, 0.6) is 0 Å². The molecule has 3 aromatic heterocycles. The summed E-state index contributed by atoms with van der Waals surface area (Å²) in [5.41, 5.74) is 1.34. The van der Waals surface area contributed by atoms with Gasteiger partial charge >= 0.3 is 0 Å². The maximum absolute atomic E-state index is 12.7. The van der Waals surface area contributed by atoms with Crippen LogP contribution in [-0.4, -0.2) is 71.8 Å². The van der Waals surface area contributed by atoms with Crippen molar-refractivity contribution in [2.75, 3.05) is 0 Å². The third kappa shape index (κ3) is 11.0. The Balaban J connectivity index is 1.57. The maximum Gasteiger partial charge on any atom is 0.271 e. The minimum atomic E-state index is -4.77. The van der Waals surface area contributed by atoms with Crippen LogP contribution < -0.4 is 0 Å². The number of aromatic nitrogens is 4. The van der Waals surface area contributed by atoms with Crippen LogP contribution in [0.25, 0.3) is 90.9 Å². The first-order chi connectivity index (χ1) is 37.2.